The highest BCUT2D eigenvalue weighted by Crippen LogP contribution is 2.12. The summed E-state index contributed by atoms with van der Waals surface area (Å²) in [6, 6.07) is -0.812. The molecule has 0 aromatic heterocycles. The van der Waals surface area contributed by atoms with E-state index in [9.17, 15) is 10.2 Å². The molecule has 0 heterocycles. The Morgan fingerprint density at radius 1 is 0.909 bits per heavy atom. The Morgan fingerprint density at radius 3 is 1.82 bits per heavy atom. The molecule has 0 unspecified atom stereocenters. The van der Waals surface area contributed by atoms with Crippen molar-refractivity contribution in [2.45, 2.75) is 96.1 Å². The molecule has 5 N–H and O–H groups in total. The minimum atomic E-state index is -1.15. The summed E-state index contributed by atoms with van der Waals surface area (Å²) < 4.78 is 0. The summed E-state index contributed by atoms with van der Waals surface area (Å²) in [4.78, 5) is 0. The van der Waals surface area contributed by atoms with Gasteiger partial charge in [-0.15, -0.1) is 0 Å². The standard InChI is InChI=1S/C18H37NO3/c1-2-3-4-5-6-7-8-9-10-11-12-13-14-17(21)18(22)16(19)15-20/h14,16,18,20-22H,2-13,15,19H2,1H3/b17-14-/t16-,18-/m0/s1. The van der Waals surface area contributed by atoms with Crippen LogP contribution in [0.4, 0.5) is 0 Å². The zero-order valence-corrected chi connectivity index (χ0v) is 14.3. The highest BCUT2D eigenvalue weighted by Gasteiger charge is 2.17. The molecule has 0 aromatic rings. The van der Waals surface area contributed by atoms with Crippen LogP contribution in [-0.4, -0.2) is 34.1 Å². The van der Waals surface area contributed by atoms with Crippen LogP contribution in [0.3, 0.4) is 0 Å². The van der Waals surface area contributed by atoms with Crippen LogP contribution >= 0.6 is 0 Å². The van der Waals surface area contributed by atoms with Gasteiger partial charge < -0.3 is 21.1 Å². The van der Waals surface area contributed by atoms with Gasteiger partial charge in [0.2, 0.25) is 0 Å². The van der Waals surface area contributed by atoms with Gasteiger partial charge in [-0.25, -0.2) is 0 Å². The lowest BCUT2D eigenvalue weighted by Crippen LogP contribution is -2.39. The molecule has 2 atom stereocenters. The summed E-state index contributed by atoms with van der Waals surface area (Å²) in [6.07, 6.45) is 15.4. The van der Waals surface area contributed by atoms with Crippen LogP contribution in [0.2, 0.25) is 0 Å². The van der Waals surface area contributed by atoms with Gasteiger partial charge in [0.05, 0.1) is 12.6 Å². The summed E-state index contributed by atoms with van der Waals surface area (Å²) in [5.74, 6) is -0.117. The van der Waals surface area contributed by atoms with Crippen LogP contribution in [0, 0.1) is 0 Å². The second-order valence-electron chi connectivity index (χ2n) is 6.24. The van der Waals surface area contributed by atoms with Crippen molar-refractivity contribution in [2.75, 3.05) is 6.61 Å². The average molecular weight is 315 g/mol. The molecule has 0 aliphatic rings. The fourth-order valence-electron chi connectivity index (χ4n) is 2.50. The fraction of sp³-hybridized carbons (Fsp3) is 0.889. The van der Waals surface area contributed by atoms with Gasteiger partial charge in [-0.1, -0.05) is 71.1 Å². The van der Waals surface area contributed by atoms with E-state index in [0.29, 0.717) is 0 Å². The molecule has 0 spiro atoms. The van der Waals surface area contributed by atoms with E-state index in [2.05, 4.69) is 6.92 Å². The van der Waals surface area contributed by atoms with Crippen molar-refractivity contribution in [1.29, 1.82) is 0 Å². The van der Waals surface area contributed by atoms with Gasteiger partial charge >= 0.3 is 0 Å². The monoisotopic (exact) mass is 315 g/mol. The molecule has 0 rings (SSSR count). The summed E-state index contributed by atoms with van der Waals surface area (Å²) in [5, 5.41) is 28.0. The number of aliphatic hydroxyl groups is 3. The van der Waals surface area contributed by atoms with Crippen LogP contribution < -0.4 is 5.73 Å². The number of hydrogen-bond acceptors (Lipinski definition) is 4. The van der Waals surface area contributed by atoms with Crippen molar-refractivity contribution in [3.63, 3.8) is 0 Å². The Bertz CT molecular complexity index is 269. The second-order valence-corrected chi connectivity index (χ2v) is 6.24. The summed E-state index contributed by atoms with van der Waals surface area (Å²) in [7, 11) is 0. The number of hydrogen-bond donors (Lipinski definition) is 4. The molecule has 0 bridgehead atoms. The van der Waals surface area contributed by atoms with E-state index in [1.54, 1.807) is 6.08 Å². The number of aliphatic hydroxyl groups excluding tert-OH is 3. The third-order valence-electron chi connectivity index (χ3n) is 4.08. The van der Waals surface area contributed by atoms with E-state index >= 15 is 0 Å². The maximum atomic E-state index is 9.60. The van der Waals surface area contributed by atoms with Crippen molar-refractivity contribution in [1.82, 2.24) is 0 Å². The third kappa shape index (κ3) is 12.0. The average Bonchev–Trinajstić information content (AvgIpc) is 2.54. The first-order chi connectivity index (χ1) is 10.6. The molecule has 0 aliphatic heterocycles. The first-order valence-electron chi connectivity index (χ1n) is 9.07. The van der Waals surface area contributed by atoms with E-state index in [1.165, 1.54) is 57.8 Å². The molecule has 132 valence electrons. The number of unbranched alkanes of at least 4 members (excludes halogenated alkanes) is 11. The second kappa shape index (κ2) is 15.3. The van der Waals surface area contributed by atoms with Gasteiger partial charge in [0, 0.05) is 0 Å². The Morgan fingerprint density at radius 2 is 1.36 bits per heavy atom. The quantitative estimate of drug-likeness (QED) is 0.273. The lowest BCUT2D eigenvalue weighted by Gasteiger charge is -2.15. The molecule has 4 nitrogen and oxygen atoms in total. The fourth-order valence-corrected chi connectivity index (χ4v) is 2.50. The van der Waals surface area contributed by atoms with Crippen LogP contribution in [0.25, 0.3) is 0 Å². The van der Waals surface area contributed by atoms with Gasteiger partial charge in [-0.2, -0.15) is 0 Å². The molecule has 0 radical (unpaired) electrons. The molecule has 22 heavy (non-hydrogen) atoms. The summed E-state index contributed by atoms with van der Waals surface area (Å²) in [6.45, 7) is 1.91. The Hall–Kier alpha value is -0.580. The molecule has 0 saturated carbocycles. The van der Waals surface area contributed by atoms with Gasteiger partial charge in [-0.05, 0) is 18.9 Å². The van der Waals surface area contributed by atoms with Crippen molar-refractivity contribution in [3.05, 3.63) is 11.8 Å². The van der Waals surface area contributed by atoms with Crippen molar-refractivity contribution in [2.24, 2.45) is 5.73 Å². The Balaban J connectivity index is 3.39. The van der Waals surface area contributed by atoms with Crippen molar-refractivity contribution in [3.8, 4) is 0 Å². The van der Waals surface area contributed by atoms with Gasteiger partial charge in [0.15, 0.2) is 0 Å². The number of rotatable bonds is 15. The zero-order valence-electron chi connectivity index (χ0n) is 14.3. The lowest BCUT2D eigenvalue weighted by atomic mass is 10.0. The van der Waals surface area contributed by atoms with E-state index in [1.807, 2.05) is 0 Å². The van der Waals surface area contributed by atoms with E-state index in [0.717, 1.165) is 19.3 Å². The summed E-state index contributed by atoms with van der Waals surface area (Å²) in [5.41, 5.74) is 5.45. The molecule has 0 saturated heterocycles. The predicted molar refractivity (Wildman–Crippen MR) is 92.9 cm³/mol. The number of nitrogens with two attached hydrogens (primary N) is 1. The molecular weight excluding hydrogens is 278 g/mol. The molecule has 0 amide bonds. The van der Waals surface area contributed by atoms with Crippen molar-refractivity contribution < 1.29 is 15.3 Å². The molecule has 0 aliphatic carbocycles. The number of allylic oxidation sites excluding steroid dienone is 1. The highest BCUT2D eigenvalue weighted by atomic mass is 16.3. The largest absolute Gasteiger partial charge is 0.510 e. The minimum absolute atomic E-state index is 0.117. The van der Waals surface area contributed by atoms with E-state index in [-0.39, 0.29) is 12.4 Å². The highest BCUT2D eigenvalue weighted by molar-refractivity contribution is 5.01. The Kier molecular flexibility index (Phi) is 14.9. The summed E-state index contributed by atoms with van der Waals surface area (Å²) >= 11 is 0. The Labute approximate surface area is 136 Å². The molecular formula is C18H37NO3. The molecule has 4 heteroatoms. The van der Waals surface area contributed by atoms with Crippen LogP contribution in [-0.2, 0) is 0 Å². The predicted octanol–water partition coefficient (Wildman–Crippen LogP) is 3.81. The minimum Gasteiger partial charge on any atom is -0.510 e. The molecule has 0 fully saturated rings. The first kappa shape index (κ1) is 21.4. The molecule has 0 aromatic carbocycles. The lowest BCUT2D eigenvalue weighted by molar-refractivity contribution is 0.0983. The van der Waals surface area contributed by atoms with Gasteiger partial charge in [0.1, 0.15) is 11.9 Å². The third-order valence-corrected chi connectivity index (χ3v) is 4.08. The normalized spacial score (nSPS) is 15.0. The van der Waals surface area contributed by atoms with Crippen LogP contribution in [0.15, 0.2) is 11.8 Å². The van der Waals surface area contributed by atoms with Gasteiger partial charge in [-0.3, -0.25) is 0 Å². The van der Waals surface area contributed by atoms with E-state index in [4.69, 9.17) is 10.8 Å². The van der Waals surface area contributed by atoms with Crippen LogP contribution in [0.1, 0.15) is 84.0 Å². The topological polar surface area (TPSA) is 86.7 Å². The first-order valence-corrected chi connectivity index (χ1v) is 9.07. The van der Waals surface area contributed by atoms with Crippen LogP contribution in [0.5, 0.6) is 0 Å². The maximum absolute atomic E-state index is 9.60. The SMILES string of the molecule is CCCCCCCCCCCCC/C=C(\O)[C@@H](O)[C@@H](N)CO. The van der Waals surface area contributed by atoms with Crippen molar-refractivity contribution >= 4 is 0 Å². The maximum Gasteiger partial charge on any atom is 0.128 e. The smallest absolute Gasteiger partial charge is 0.128 e. The zero-order chi connectivity index (χ0) is 16.6. The van der Waals surface area contributed by atoms with E-state index < -0.39 is 12.1 Å². The van der Waals surface area contributed by atoms with Gasteiger partial charge in [0.25, 0.3) is 0 Å².